The number of carbonyl (C=O) groups is 1. The van der Waals surface area contributed by atoms with Crippen molar-refractivity contribution in [3.8, 4) is 5.75 Å². The first-order valence-electron chi connectivity index (χ1n) is 8.80. The van der Waals surface area contributed by atoms with E-state index in [1.165, 1.54) is 24.6 Å². The second-order valence-electron chi connectivity index (χ2n) is 5.94. The maximum Gasteiger partial charge on any atom is 0.261 e. The van der Waals surface area contributed by atoms with E-state index in [9.17, 15) is 9.18 Å². The Balaban J connectivity index is 1.94. The van der Waals surface area contributed by atoms with E-state index in [2.05, 4.69) is 17.6 Å². The van der Waals surface area contributed by atoms with E-state index in [1.807, 2.05) is 6.07 Å². The molecule has 27 heavy (non-hydrogen) atoms. The standard InChI is InChI=1S/C20H22ClFN2O2S/c1-2-3-4-7-12-26-18-9-6-5-8-15(18)19(25)24-20(27)23-14-10-11-17(22)16(21)13-14/h5-6,8-11,13H,2-4,7,12H2,1H3,(H2,23,24,25,27). The number of anilines is 1. The molecule has 0 bridgehead atoms. The average molecular weight is 409 g/mol. The zero-order chi connectivity index (χ0) is 19.6. The van der Waals surface area contributed by atoms with Crippen LogP contribution in [0.1, 0.15) is 43.0 Å². The fourth-order valence-corrected chi connectivity index (χ4v) is 2.79. The van der Waals surface area contributed by atoms with Crippen molar-refractivity contribution in [1.82, 2.24) is 5.32 Å². The number of rotatable bonds is 8. The zero-order valence-corrected chi connectivity index (χ0v) is 16.6. The van der Waals surface area contributed by atoms with Crippen LogP contribution in [0, 0.1) is 5.82 Å². The highest BCUT2D eigenvalue weighted by molar-refractivity contribution is 7.80. The maximum absolute atomic E-state index is 13.2. The molecule has 0 aliphatic heterocycles. The largest absolute Gasteiger partial charge is 0.493 e. The lowest BCUT2D eigenvalue weighted by molar-refractivity contribution is 0.0973. The lowest BCUT2D eigenvalue weighted by Gasteiger charge is -2.13. The minimum absolute atomic E-state index is 0.0315. The van der Waals surface area contributed by atoms with Gasteiger partial charge in [-0.05, 0) is 49.0 Å². The highest BCUT2D eigenvalue weighted by atomic mass is 35.5. The number of hydrogen-bond donors (Lipinski definition) is 2. The van der Waals surface area contributed by atoms with Crippen LogP contribution in [-0.4, -0.2) is 17.6 Å². The lowest BCUT2D eigenvalue weighted by atomic mass is 10.2. The van der Waals surface area contributed by atoms with Crippen LogP contribution in [-0.2, 0) is 0 Å². The van der Waals surface area contributed by atoms with Gasteiger partial charge in [0.2, 0.25) is 0 Å². The van der Waals surface area contributed by atoms with Gasteiger partial charge in [-0.15, -0.1) is 0 Å². The Bertz CT molecular complexity index is 801. The van der Waals surface area contributed by atoms with Crippen LogP contribution >= 0.6 is 23.8 Å². The summed E-state index contributed by atoms with van der Waals surface area (Å²) in [5.74, 6) is -0.397. The highest BCUT2D eigenvalue weighted by Crippen LogP contribution is 2.20. The van der Waals surface area contributed by atoms with Gasteiger partial charge in [0, 0.05) is 5.69 Å². The Morgan fingerprint density at radius 2 is 1.96 bits per heavy atom. The molecule has 0 heterocycles. The van der Waals surface area contributed by atoms with Crippen molar-refractivity contribution in [2.75, 3.05) is 11.9 Å². The van der Waals surface area contributed by atoms with E-state index in [-0.39, 0.29) is 16.0 Å². The lowest BCUT2D eigenvalue weighted by Crippen LogP contribution is -2.34. The summed E-state index contributed by atoms with van der Waals surface area (Å²) >= 11 is 10.9. The molecule has 0 spiro atoms. The summed E-state index contributed by atoms with van der Waals surface area (Å²) in [6.07, 6.45) is 4.36. The summed E-state index contributed by atoms with van der Waals surface area (Å²) in [6.45, 7) is 2.71. The van der Waals surface area contributed by atoms with E-state index < -0.39 is 5.82 Å². The molecular weight excluding hydrogens is 387 g/mol. The number of carbonyl (C=O) groups excluding carboxylic acids is 1. The second-order valence-corrected chi connectivity index (χ2v) is 6.76. The van der Waals surface area contributed by atoms with Crippen LogP contribution in [0.2, 0.25) is 5.02 Å². The molecule has 0 radical (unpaired) electrons. The van der Waals surface area contributed by atoms with Crippen molar-refractivity contribution in [3.63, 3.8) is 0 Å². The molecule has 0 saturated heterocycles. The Labute approximate surface area is 169 Å². The minimum atomic E-state index is -0.526. The molecular formula is C20H22ClFN2O2S. The Hall–Kier alpha value is -2.18. The van der Waals surface area contributed by atoms with Crippen molar-refractivity contribution in [1.29, 1.82) is 0 Å². The van der Waals surface area contributed by atoms with Gasteiger partial charge in [-0.25, -0.2) is 4.39 Å². The van der Waals surface area contributed by atoms with Gasteiger partial charge in [0.05, 0.1) is 17.2 Å². The van der Waals surface area contributed by atoms with Gasteiger partial charge in [0.15, 0.2) is 5.11 Å². The minimum Gasteiger partial charge on any atom is -0.493 e. The van der Waals surface area contributed by atoms with E-state index in [0.29, 0.717) is 23.6 Å². The SMILES string of the molecule is CCCCCCOc1ccccc1C(=O)NC(=S)Nc1ccc(F)c(Cl)c1. The molecule has 2 aromatic rings. The number of halogens is 2. The third-order valence-electron chi connectivity index (χ3n) is 3.79. The smallest absolute Gasteiger partial charge is 0.261 e. The zero-order valence-electron chi connectivity index (χ0n) is 15.1. The van der Waals surface area contributed by atoms with E-state index in [0.717, 1.165) is 19.3 Å². The first kappa shape index (κ1) is 21.1. The topological polar surface area (TPSA) is 50.4 Å². The van der Waals surface area contributed by atoms with Crippen molar-refractivity contribution in [2.45, 2.75) is 32.6 Å². The van der Waals surface area contributed by atoms with Crippen molar-refractivity contribution < 1.29 is 13.9 Å². The molecule has 0 aliphatic carbocycles. The number of unbranched alkanes of at least 4 members (excludes halogenated alkanes) is 3. The van der Waals surface area contributed by atoms with Gasteiger partial charge in [-0.3, -0.25) is 10.1 Å². The number of benzene rings is 2. The fraction of sp³-hybridized carbons (Fsp3) is 0.300. The van der Waals surface area contributed by atoms with E-state index >= 15 is 0 Å². The van der Waals surface area contributed by atoms with E-state index in [4.69, 9.17) is 28.6 Å². The molecule has 144 valence electrons. The Morgan fingerprint density at radius 1 is 1.19 bits per heavy atom. The van der Waals surface area contributed by atoms with Crippen LogP contribution in [0.3, 0.4) is 0 Å². The molecule has 4 nitrogen and oxygen atoms in total. The summed E-state index contributed by atoms with van der Waals surface area (Å²) in [6, 6.07) is 11.1. The molecule has 7 heteroatoms. The number of ether oxygens (including phenoxy) is 1. The van der Waals surface area contributed by atoms with Gasteiger partial charge in [0.25, 0.3) is 5.91 Å². The van der Waals surface area contributed by atoms with Crippen LogP contribution < -0.4 is 15.4 Å². The second kappa shape index (κ2) is 10.8. The predicted molar refractivity (Wildman–Crippen MR) is 111 cm³/mol. The third-order valence-corrected chi connectivity index (χ3v) is 4.29. The molecule has 0 aromatic heterocycles. The molecule has 1 amide bonds. The van der Waals surface area contributed by atoms with Gasteiger partial charge in [-0.2, -0.15) is 0 Å². The molecule has 2 rings (SSSR count). The van der Waals surface area contributed by atoms with Gasteiger partial charge < -0.3 is 10.1 Å². The monoisotopic (exact) mass is 408 g/mol. The van der Waals surface area contributed by atoms with Crippen LogP contribution in [0.5, 0.6) is 5.75 Å². The summed E-state index contributed by atoms with van der Waals surface area (Å²) in [7, 11) is 0. The number of nitrogens with one attached hydrogen (secondary N) is 2. The quantitative estimate of drug-likeness (QED) is 0.443. The summed E-state index contributed by atoms with van der Waals surface area (Å²) in [5, 5.41) is 5.45. The van der Waals surface area contributed by atoms with Gasteiger partial charge >= 0.3 is 0 Å². The summed E-state index contributed by atoms with van der Waals surface area (Å²) < 4.78 is 19.0. The first-order chi connectivity index (χ1) is 13.0. The van der Waals surface area contributed by atoms with Crippen LogP contribution in [0.4, 0.5) is 10.1 Å². The highest BCUT2D eigenvalue weighted by Gasteiger charge is 2.14. The molecule has 0 unspecified atom stereocenters. The predicted octanol–water partition coefficient (Wildman–Crippen LogP) is 5.57. The molecule has 2 N–H and O–H groups in total. The third kappa shape index (κ3) is 6.81. The number of hydrogen-bond acceptors (Lipinski definition) is 3. The first-order valence-corrected chi connectivity index (χ1v) is 9.59. The van der Waals surface area contributed by atoms with Crippen LogP contribution in [0.25, 0.3) is 0 Å². The van der Waals surface area contributed by atoms with Crippen LogP contribution in [0.15, 0.2) is 42.5 Å². The van der Waals surface area contributed by atoms with E-state index in [1.54, 1.807) is 18.2 Å². The van der Waals surface area contributed by atoms with Crippen molar-refractivity contribution in [2.24, 2.45) is 0 Å². The van der Waals surface area contributed by atoms with Gasteiger partial charge in [-0.1, -0.05) is 49.9 Å². The van der Waals surface area contributed by atoms with Gasteiger partial charge in [0.1, 0.15) is 11.6 Å². The molecule has 0 aliphatic rings. The normalized spacial score (nSPS) is 10.3. The Kier molecular flexibility index (Phi) is 8.48. The number of amides is 1. The molecule has 0 fully saturated rings. The number of thiocarbonyl (C=S) groups is 1. The summed E-state index contributed by atoms with van der Waals surface area (Å²) in [4.78, 5) is 12.5. The molecule has 0 atom stereocenters. The number of para-hydroxylation sites is 1. The van der Waals surface area contributed by atoms with Crippen molar-refractivity contribution >= 4 is 40.5 Å². The Morgan fingerprint density at radius 3 is 2.70 bits per heavy atom. The summed E-state index contributed by atoms with van der Waals surface area (Å²) in [5.41, 5.74) is 0.876. The molecule has 0 saturated carbocycles. The molecule has 2 aromatic carbocycles. The average Bonchev–Trinajstić information content (AvgIpc) is 2.65. The maximum atomic E-state index is 13.2. The fourth-order valence-electron chi connectivity index (χ4n) is 2.40. The van der Waals surface area contributed by atoms with Crippen molar-refractivity contribution in [3.05, 3.63) is 58.9 Å².